The third-order valence-electron chi connectivity index (χ3n) is 6.54. The summed E-state index contributed by atoms with van der Waals surface area (Å²) in [6.45, 7) is 5.67. The lowest BCUT2D eigenvalue weighted by molar-refractivity contribution is -0.0210. The molecule has 0 saturated heterocycles. The van der Waals surface area contributed by atoms with E-state index in [1.54, 1.807) is 0 Å². The zero-order valence-electron chi connectivity index (χ0n) is 13.3. The van der Waals surface area contributed by atoms with Gasteiger partial charge in [-0.1, -0.05) is 22.6 Å². The lowest BCUT2D eigenvalue weighted by atomic mass is 9.53. The van der Waals surface area contributed by atoms with Crippen LogP contribution in [0.1, 0.15) is 52.4 Å². The Labute approximate surface area is 142 Å². The lowest BCUT2D eigenvalue weighted by Gasteiger charge is -2.57. The van der Waals surface area contributed by atoms with Crippen molar-refractivity contribution in [3.63, 3.8) is 0 Å². The summed E-state index contributed by atoms with van der Waals surface area (Å²) in [6.07, 6.45) is 11.1. The SMILES string of the molecule is CC(I)N1N=CC(CNC23CC4CC(CC(C4)C2)C3)C1C. The van der Waals surface area contributed by atoms with Gasteiger partial charge < -0.3 is 5.32 Å². The van der Waals surface area contributed by atoms with Crippen molar-refractivity contribution in [2.24, 2.45) is 28.8 Å². The molecular formula is C17H28IN3. The molecule has 1 N–H and O–H groups in total. The van der Waals surface area contributed by atoms with Gasteiger partial charge in [0.05, 0.1) is 10.1 Å². The molecule has 0 aromatic carbocycles. The van der Waals surface area contributed by atoms with Crippen LogP contribution in [0.3, 0.4) is 0 Å². The fraction of sp³-hybridized carbons (Fsp3) is 0.941. The van der Waals surface area contributed by atoms with E-state index < -0.39 is 0 Å². The number of rotatable bonds is 4. The highest BCUT2D eigenvalue weighted by Gasteiger charge is 2.50. The summed E-state index contributed by atoms with van der Waals surface area (Å²) in [5.41, 5.74) is 0.492. The van der Waals surface area contributed by atoms with Gasteiger partial charge in [-0.3, -0.25) is 5.01 Å². The van der Waals surface area contributed by atoms with E-state index in [1.807, 2.05) is 0 Å². The van der Waals surface area contributed by atoms with E-state index in [9.17, 15) is 0 Å². The molecule has 21 heavy (non-hydrogen) atoms. The second kappa shape index (κ2) is 5.36. The van der Waals surface area contributed by atoms with Gasteiger partial charge in [-0.15, -0.1) is 0 Å². The van der Waals surface area contributed by atoms with Crippen molar-refractivity contribution >= 4 is 28.8 Å². The van der Waals surface area contributed by atoms with Crippen molar-refractivity contribution in [3.05, 3.63) is 0 Å². The largest absolute Gasteiger partial charge is 0.310 e. The maximum Gasteiger partial charge on any atom is 0.0956 e. The highest BCUT2D eigenvalue weighted by Crippen LogP contribution is 2.55. The van der Waals surface area contributed by atoms with Gasteiger partial charge in [0.15, 0.2) is 0 Å². The summed E-state index contributed by atoms with van der Waals surface area (Å²) in [5, 5.41) is 10.9. The number of halogens is 1. The van der Waals surface area contributed by atoms with Crippen molar-refractivity contribution in [2.45, 2.75) is 68.0 Å². The van der Waals surface area contributed by atoms with Crippen molar-refractivity contribution in [3.8, 4) is 0 Å². The number of hydrazone groups is 1. The molecule has 0 radical (unpaired) electrons. The fourth-order valence-electron chi connectivity index (χ4n) is 5.89. The van der Waals surface area contributed by atoms with Gasteiger partial charge in [0.1, 0.15) is 0 Å². The molecule has 4 aliphatic carbocycles. The van der Waals surface area contributed by atoms with E-state index in [0.717, 1.165) is 24.3 Å². The third-order valence-corrected chi connectivity index (χ3v) is 7.11. The molecule has 0 aromatic rings. The topological polar surface area (TPSA) is 27.6 Å². The molecule has 0 aromatic heterocycles. The van der Waals surface area contributed by atoms with Crippen LogP contribution < -0.4 is 5.32 Å². The van der Waals surface area contributed by atoms with E-state index in [1.165, 1.54) is 38.5 Å². The van der Waals surface area contributed by atoms with Gasteiger partial charge in [-0.2, -0.15) is 5.10 Å². The van der Waals surface area contributed by atoms with Gasteiger partial charge in [0, 0.05) is 24.2 Å². The summed E-state index contributed by atoms with van der Waals surface area (Å²) in [4.78, 5) is 0. The van der Waals surface area contributed by atoms with Gasteiger partial charge in [0.25, 0.3) is 0 Å². The van der Waals surface area contributed by atoms with Gasteiger partial charge in [-0.05, 0) is 70.1 Å². The normalized spacial score (nSPS) is 49.1. The Morgan fingerprint density at radius 3 is 2.29 bits per heavy atom. The van der Waals surface area contributed by atoms with E-state index in [-0.39, 0.29) is 0 Å². The molecule has 3 atom stereocenters. The summed E-state index contributed by atoms with van der Waals surface area (Å²) in [6, 6.07) is 0.540. The molecule has 118 valence electrons. The second-order valence-corrected chi connectivity index (χ2v) is 10.0. The Morgan fingerprint density at radius 2 is 1.81 bits per heavy atom. The highest BCUT2D eigenvalue weighted by molar-refractivity contribution is 14.1. The second-order valence-electron chi connectivity index (χ2n) is 8.20. The van der Waals surface area contributed by atoms with Crippen LogP contribution in [-0.4, -0.2) is 33.4 Å². The predicted octanol–water partition coefficient (Wildman–Crippen LogP) is 3.63. The molecule has 0 spiro atoms. The van der Waals surface area contributed by atoms with Crippen molar-refractivity contribution in [1.82, 2.24) is 10.3 Å². The predicted molar refractivity (Wildman–Crippen MR) is 95.7 cm³/mol. The molecule has 4 fully saturated rings. The Balaban J connectivity index is 1.38. The van der Waals surface area contributed by atoms with Crippen LogP contribution in [0.25, 0.3) is 0 Å². The summed E-state index contributed by atoms with van der Waals surface area (Å²) in [7, 11) is 0. The first-order chi connectivity index (χ1) is 10.0. The van der Waals surface area contributed by atoms with Crippen LogP contribution in [0.2, 0.25) is 0 Å². The third kappa shape index (κ3) is 2.64. The first-order valence-corrected chi connectivity index (χ1v) is 10.0. The molecule has 4 saturated carbocycles. The van der Waals surface area contributed by atoms with Crippen LogP contribution in [0.5, 0.6) is 0 Å². The van der Waals surface area contributed by atoms with Crippen LogP contribution in [0.15, 0.2) is 5.10 Å². The number of alkyl halides is 1. The minimum Gasteiger partial charge on any atom is -0.310 e. The first kappa shape index (κ1) is 14.7. The van der Waals surface area contributed by atoms with Crippen molar-refractivity contribution in [2.75, 3.05) is 6.54 Å². The standard InChI is InChI=1S/C17H28IN3/c1-11-16(10-20-21(11)12(2)18)9-19-17-6-13-3-14(7-17)5-15(4-13)8-17/h10-16,19H,3-9H2,1-2H3. The maximum absolute atomic E-state index is 4.62. The maximum atomic E-state index is 4.62. The fourth-order valence-corrected chi connectivity index (χ4v) is 6.54. The Morgan fingerprint density at radius 1 is 1.24 bits per heavy atom. The number of nitrogens with zero attached hydrogens (tertiary/aromatic N) is 2. The van der Waals surface area contributed by atoms with E-state index in [2.05, 4.69) is 58.1 Å². The Bertz CT molecular complexity index is 398. The zero-order valence-corrected chi connectivity index (χ0v) is 15.4. The van der Waals surface area contributed by atoms with E-state index in [0.29, 0.717) is 21.5 Å². The number of hydrogen-bond donors (Lipinski definition) is 1. The van der Waals surface area contributed by atoms with Crippen LogP contribution in [-0.2, 0) is 0 Å². The molecular weight excluding hydrogens is 373 g/mol. The average molecular weight is 401 g/mol. The average Bonchev–Trinajstić information content (AvgIpc) is 2.76. The van der Waals surface area contributed by atoms with Crippen LogP contribution in [0, 0.1) is 23.7 Å². The summed E-state index contributed by atoms with van der Waals surface area (Å²) < 4.78 is 0.485. The Hall–Kier alpha value is 0.160. The molecule has 4 bridgehead atoms. The molecule has 3 nitrogen and oxygen atoms in total. The number of nitrogens with one attached hydrogen (secondary N) is 1. The van der Waals surface area contributed by atoms with Gasteiger partial charge in [-0.25, -0.2) is 0 Å². The molecule has 1 heterocycles. The van der Waals surface area contributed by atoms with Crippen molar-refractivity contribution in [1.29, 1.82) is 0 Å². The van der Waals surface area contributed by atoms with Crippen LogP contribution >= 0.6 is 22.6 Å². The van der Waals surface area contributed by atoms with Crippen LogP contribution in [0.4, 0.5) is 0 Å². The van der Waals surface area contributed by atoms with E-state index >= 15 is 0 Å². The minimum atomic E-state index is 0.485. The monoisotopic (exact) mass is 401 g/mol. The molecule has 1 aliphatic heterocycles. The molecule has 5 aliphatic rings. The minimum absolute atomic E-state index is 0.485. The summed E-state index contributed by atoms with van der Waals surface area (Å²) in [5.74, 6) is 3.67. The van der Waals surface area contributed by atoms with E-state index in [4.69, 9.17) is 0 Å². The smallest absolute Gasteiger partial charge is 0.0956 e. The molecule has 0 amide bonds. The van der Waals surface area contributed by atoms with Crippen molar-refractivity contribution < 1.29 is 0 Å². The quantitative estimate of drug-likeness (QED) is 0.443. The molecule has 3 unspecified atom stereocenters. The number of hydrogen-bond acceptors (Lipinski definition) is 3. The Kier molecular flexibility index (Phi) is 3.76. The van der Waals surface area contributed by atoms with Gasteiger partial charge >= 0.3 is 0 Å². The highest BCUT2D eigenvalue weighted by atomic mass is 127. The lowest BCUT2D eigenvalue weighted by Crippen LogP contribution is -2.59. The first-order valence-electron chi connectivity index (χ1n) is 8.76. The van der Waals surface area contributed by atoms with Gasteiger partial charge in [0.2, 0.25) is 0 Å². The molecule has 5 rings (SSSR count). The zero-order chi connectivity index (χ0) is 14.6. The molecule has 4 heteroatoms. The summed E-state index contributed by atoms with van der Waals surface area (Å²) >= 11 is 2.46.